The van der Waals surface area contributed by atoms with E-state index in [0.717, 1.165) is 28.1 Å². The van der Waals surface area contributed by atoms with Gasteiger partial charge in [0.05, 0.1) is 29.6 Å². The number of aliphatic hydroxyl groups excluding tert-OH is 1. The summed E-state index contributed by atoms with van der Waals surface area (Å²) in [5, 5.41) is 20.8. The maximum Gasteiger partial charge on any atom is 0.312 e. The number of aliphatic imine (C=N–C) groups is 1. The molecule has 2 aromatic rings. The molecule has 0 radical (unpaired) electrons. The van der Waals surface area contributed by atoms with Gasteiger partial charge in [0.15, 0.2) is 0 Å². The van der Waals surface area contributed by atoms with Crippen LogP contribution in [-0.2, 0) is 51.9 Å². The summed E-state index contributed by atoms with van der Waals surface area (Å²) in [6.07, 6.45) is 10.5. The van der Waals surface area contributed by atoms with Crippen LogP contribution >= 0.6 is 0 Å². The quantitative estimate of drug-likeness (QED) is 0.0626. The second kappa shape index (κ2) is 23.4. The molecule has 4 heterocycles. The van der Waals surface area contributed by atoms with Crippen molar-refractivity contribution in [1.82, 2.24) is 35.6 Å². The number of nitrogens with zero attached hydrogens (tertiary/aromatic N) is 5. The van der Waals surface area contributed by atoms with Gasteiger partial charge >= 0.3 is 6.03 Å². The average molecular weight is 952 g/mol. The Hall–Kier alpha value is -6.96. The highest BCUT2D eigenvalue weighted by Crippen LogP contribution is 2.50. The first kappa shape index (κ1) is 51.4. The first-order valence-corrected chi connectivity index (χ1v) is 23.9. The smallest absolute Gasteiger partial charge is 0.312 e. The Kier molecular flexibility index (Phi) is 17.4. The number of carbonyl (C=O) groups is 8. The van der Waals surface area contributed by atoms with Gasteiger partial charge in [-0.2, -0.15) is 0 Å². The average Bonchev–Trinajstić information content (AvgIpc) is 4.10. The van der Waals surface area contributed by atoms with Gasteiger partial charge in [-0.3, -0.25) is 43.4 Å². The number of fused-ring (bicyclic) bond motifs is 2. The molecule has 1 aromatic heterocycles. The molecule has 9 N–H and O–H groups in total. The molecule has 1 aromatic carbocycles. The number of nitrogens with two attached hydrogens (primary N) is 2. The number of anilines is 1. The van der Waals surface area contributed by atoms with Crippen LogP contribution in [0.4, 0.5) is 16.2 Å². The number of amidine groups is 1. The first-order valence-electron chi connectivity index (χ1n) is 23.9. The molecule has 0 spiro atoms. The van der Waals surface area contributed by atoms with Crippen molar-refractivity contribution in [2.45, 2.75) is 115 Å². The molecule has 370 valence electrons. The Morgan fingerprint density at radius 2 is 1.72 bits per heavy atom. The van der Waals surface area contributed by atoms with Crippen molar-refractivity contribution in [3.8, 4) is 0 Å². The van der Waals surface area contributed by atoms with Crippen molar-refractivity contribution >= 4 is 70.7 Å². The fraction of sp³-hybridized carbons (Fsp3) is 0.510. The number of hydrogen-bond donors (Lipinski definition) is 7. The van der Waals surface area contributed by atoms with Crippen LogP contribution < -0.4 is 32.7 Å². The zero-order chi connectivity index (χ0) is 49.8. The Morgan fingerprint density at radius 3 is 2.41 bits per heavy atom. The number of unbranched alkanes of at least 4 members (excludes halogenated alkanes) is 2. The largest absolute Gasteiger partial charge is 0.395 e. The Bertz CT molecular complexity index is 2390. The normalized spacial score (nSPS) is 16.6. The lowest BCUT2D eigenvalue weighted by molar-refractivity contribution is -0.139. The summed E-state index contributed by atoms with van der Waals surface area (Å²) in [5.41, 5.74) is 15.2. The highest BCUT2D eigenvalue weighted by Gasteiger charge is 2.51. The minimum atomic E-state index is -1.01. The van der Waals surface area contributed by atoms with Gasteiger partial charge < -0.3 is 47.6 Å². The fourth-order valence-electron chi connectivity index (χ4n) is 8.86. The van der Waals surface area contributed by atoms with Crippen LogP contribution in [0.1, 0.15) is 107 Å². The maximum absolute atomic E-state index is 14.3. The summed E-state index contributed by atoms with van der Waals surface area (Å²) in [7, 11) is 0. The van der Waals surface area contributed by atoms with Gasteiger partial charge in [0.2, 0.25) is 29.5 Å². The number of urea groups is 1. The van der Waals surface area contributed by atoms with Crippen molar-refractivity contribution in [3.05, 3.63) is 70.6 Å². The summed E-state index contributed by atoms with van der Waals surface area (Å²) in [6, 6.07) is 4.68. The van der Waals surface area contributed by atoms with Crippen LogP contribution in [0.3, 0.4) is 0 Å². The third-order valence-electron chi connectivity index (χ3n) is 12.8. The van der Waals surface area contributed by atoms with Gasteiger partial charge in [0.25, 0.3) is 11.8 Å². The number of imide groups is 1. The Labute approximate surface area is 401 Å². The van der Waals surface area contributed by atoms with Crippen molar-refractivity contribution in [1.29, 1.82) is 0 Å². The zero-order valence-corrected chi connectivity index (χ0v) is 39.7. The molecule has 69 heavy (non-hydrogen) atoms. The molecule has 0 saturated heterocycles. The lowest BCUT2D eigenvalue weighted by atomic mass is 9.92. The lowest BCUT2D eigenvalue weighted by Crippen LogP contribution is -2.56. The summed E-state index contributed by atoms with van der Waals surface area (Å²) in [4.78, 5) is 117. The van der Waals surface area contributed by atoms with Crippen LogP contribution in [0.15, 0.2) is 53.2 Å². The molecule has 0 bridgehead atoms. The second-order valence-corrected chi connectivity index (χ2v) is 18.4. The van der Waals surface area contributed by atoms with Crippen LogP contribution in [0.2, 0.25) is 0 Å². The summed E-state index contributed by atoms with van der Waals surface area (Å²) in [6.45, 7) is 6.98. The molecule has 3 aliphatic heterocycles. The SMILES string of the molecule is CCCN(CCO)C(=O)C1=Cc2ccc(C3(C(=O)Nc4cnc5c(c4)CN(C(=O)[C@H](CCCNC(N)=O)NC(=O)[C@@H](NC(=O)CCCCCN4C(=O)C=CC4=O)C(C)C)CC5)CC3)cc2N=C(N)C1. The Morgan fingerprint density at radius 1 is 0.971 bits per heavy atom. The highest BCUT2D eigenvalue weighted by atomic mass is 16.3. The highest BCUT2D eigenvalue weighted by molar-refractivity contribution is 6.13. The summed E-state index contributed by atoms with van der Waals surface area (Å²) >= 11 is 0. The van der Waals surface area contributed by atoms with E-state index in [0.29, 0.717) is 80.5 Å². The van der Waals surface area contributed by atoms with Gasteiger partial charge in [-0.15, -0.1) is 0 Å². The first-order chi connectivity index (χ1) is 33.0. The molecule has 9 amide bonds. The number of aromatic nitrogens is 1. The van der Waals surface area contributed by atoms with Crippen molar-refractivity contribution < 1.29 is 43.5 Å². The molecule has 0 unspecified atom stereocenters. The number of rotatable bonds is 23. The fourth-order valence-corrected chi connectivity index (χ4v) is 8.86. The monoisotopic (exact) mass is 951 g/mol. The minimum absolute atomic E-state index is 0.121. The van der Waals surface area contributed by atoms with Crippen LogP contribution in [-0.4, -0.2) is 129 Å². The number of carbonyl (C=O) groups excluding carboxylic acids is 8. The van der Waals surface area contributed by atoms with Gasteiger partial charge in [-0.25, -0.2) is 9.79 Å². The molecular weight excluding hydrogens is 887 g/mol. The van der Waals surface area contributed by atoms with Gasteiger partial charge in [-0.1, -0.05) is 39.3 Å². The standard InChI is InChI=1S/C49H65N11O9/c1-4-19-58(22-23-61)45(66)32-24-31-11-12-34(27-38(31)55-39(50)26-32)49(16-17-49)47(68)54-35-25-33-29-59(21-15-36(33)53-28-35)46(67)37(9-8-18-52-48(51)69)56-44(65)43(30(2)3)57-40(62)10-6-5-7-20-60-41(63)13-14-42(60)64/h11-14,24-25,27-28,30,37,43,61H,4-10,15-23,26,29H2,1-3H3,(H2,50,55)(H,54,68)(H,56,65)(H,57,62)(H3,51,52,69)/t37-,43-/m0/s1. The van der Waals surface area contributed by atoms with Gasteiger partial charge in [0, 0.05) is 87.5 Å². The van der Waals surface area contributed by atoms with Crippen molar-refractivity contribution in [2.24, 2.45) is 22.4 Å². The topological polar surface area (TPSA) is 292 Å². The molecule has 20 nitrogen and oxygen atoms in total. The second-order valence-electron chi connectivity index (χ2n) is 18.4. The predicted molar refractivity (Wildman–Crippen MR) is 257 cm³/mol. The van der Waals surface area contributed by atoms with E-state index >= 15 is 0 Å². The number of hydrogen-bond acceptors (Lipinski definition) is 12. The van der Waals surface area contributed by atoms with Gasteiger partial charge in [0.1, 0.15) is 17.9 Å². The van der Waals surface area contributed by atoms with E-state index in [1.165, 1.54) is 12.2 Å². The molecule has 20 heteroatoms. The van der Waals surface area contributed by atoms with Crippen molar-refractivity contribution in [3.63, 3.8) is 0 Å². The maximum atomic E-state index is 14.3. The molecule has 1 saturated carbocycles. The molecule has 2 atom stereocenters. The number of amides is 9. The van der Waals surface area contributed by atoms with E-state index in [-0.39, 0.29) is 99.2 Å². The van der Waals surface area contributed by atoms with E-state index in [9.17, 15) is 43.5 Å². The number of aliphatic hydroxyl groups is 1. The van der Waals surface area contributed by atoms with Crippen LogP contribution in [0, 0.1) is 5.92 Å². The predicted octanol–water partition coefficient (Wildman–Crippen LogP) is 2.20. The molecule has 1 fully saturated rings. The van der Waals surface area contributed by atoms with E-state index in [1.807, 2.05) is 25.1 Å². The number of pyridine rings is 1. The third-order valence-corrected chi connectivity index (χ3v) is 12.8. The number of nitrogens with one attached hydrogen (secondary N) is 4. The minimum Gasteiger partial charge on any atom is -0.395 e. The zero-order valence-electron chi connectivity index (χ0n) is 39.7. The van der Waals surface area contributed by atoms with Crippen LogP contribution in [0.5, 0.6) is 0 Å². The Balaban J connectivity index is 1.09. The molecule has 4 aliphatic rings. The number of benzene rings is 1. The van der Waals surface area contributed by atoms with E-state index < -0.39 is 29.4 Å². The van der Waals surface area contributed by atoms with E-state index in [2.05, 4.69) is 31.2 Å². The summed E-state index contributed by atoms with van der Waals surface area (Å²) in [5.74, 6) is -2.46. The molecular formula is C49H65N11O9. The summed E-state index contributed by atoms with van der Waals surface area (Å²) < 4.78 is 0. The van der Waals surface area contributed by atoms with E-state index in [1.54, 1.807) is 42.0 Å². The third kappa shape index (κ3) is 13.2. The van der Waals surface area contributed by atoms with Gasteiger partial charge in [-0.05, 0) is 80.2 Å². The lowest BCUT2D eigenvalue weighted by Gasteiger charge is -2.33. The molecule has 1 aliphatic carbocycles. The molecule has 6 rings (SSSR count). The number of primary amides is 1. The van der Waals surface area contributed by atoms with Crippen molar-refractivity contribution in [2.75, 3.05) is 44.6 Å². The van der Waals surface area contributed by atoms with E-state index in [4.69, 9.17) is 11.5 Å². The van der Waals surface area contributed by atoms with Crippen LogP contribution in [0.25, 0.3) is 6.08 Å².